The summed E-state index contributed by atoms with van der Waals surface area (Å²) in [6.45, 7) is 7.11. The molecule has 1 aliphatic heterocycles. The van der Waals surface area contributed by atoms with Crippen molar-refractivity contribution in [3.63, 3.8) is 0 Å². The number of hydrogen-bond acceptors (Lipinski definition) is 7. The predicted molar refractivity (Wildman–Crippen MR) is 131 cm³/mol. The molecule has 3 N–H and O–H groups in total. The second-order valence-corrected chi connectivity index (χ2v) is 10.7. The number of nitrogens with zero attached hydrogens (tertiary/aromatic N) is 2. The highest BCUT2D eigenvalue weighted by molar-refractivity contribution is 7.89. The van der Waals surface area contributed by atoms with Gasteiger partial charge in [-0.05, 0) is 69.2 Å². The van der Waals surface area contributed by atoms with Crippen molar-refractivity contribution in [3.05, 3.63) is 77.1 Å². The number of sulfonamides is 1. The molecule has 35 heavy (non-hydrogen) atoms. The molecule has 4 rings (SSSR count). The number of fused-ring (bicyclic) bond motifs is 1. The van der Waals surface area contributed by atoms with E-state index in [9.17, 15) is 18.3 Å². The van der Waals surface area contributed by atoms with Gasteiger partial charge in [-0.25, -0.2) is 23.1 Å². The normalized spacial score (nSPS) is 18.9. The Balaban J connectivity index is 1.68. The van der Waals surface area contributed by atoms with E-state index >= 15 is 0 Å². The van der Waals surface area contributed by atoms with E-state index in [0.29, 0.717) is 17.0 Å². The average molecular weight is 497 g/mol. The summed E-state index contributed by atoms with van der Waals surface area (Å²) < 4.78 is 35.0. The number of aromatic nitrogens is 2. The van der Waals surface area contributed by atoms with E-state index in [4.69, 9.17) is 4.74 Å². The number of amides is 1. The molecule has 2 heterocycles. The number of benzene rings is 2. The Bertz CT molecular complexity index is 1360. The Morgan fingerprint density at radius 3 is 2.51 bits per heavy atom. The number of rotatable bonds is 6. The van der Waals surface area contributed by atoms with Crippen molar-refractivity contribution in [1.29, 1.82) is 0 Å². The third kappa shape index (κ3) is 5.19. The molecule has 9 nitrogen and oxygen atoms in total. The first-order chi connectivity index (χ1) is 16.5. The van der Waals surface area contributed by atoms with Crippen LogP contribution in [0.25, 0.3) is 0 Å². The molecule has 0 radical (unpaired) electrons. The van der Waals surface area contributed by atoms with Gasteiger partial charge in [-0.15, -0.1) is 0 Å². The highest BCUT2D eigenvalue weighted by Crippen LogP contribution is 2.41. The van der Waals surface area contributed by atoms with Crippen LogP contribution in [0.2, 0.25) is 0 Å². The summed E-state index contributed by atoms with van der Waals surface area (Å²) in [7, 11) is -3.98. The van der Waals surface area contributed by atoms with Gasteiger partial charge >= 0.3 is 0 Å². The highest BCUT2D eigenvalue weighted by Gasteiger charge is 2.44. The summed E-state index contributed by atoms with van der Waals surface area (Å²) in [5.74, 6) is 0.0464. The standard InChI is InChI=1S/C25H28N4O5S/c1-5-16-6-9-18(10-7-16)35(32,33)29-21-19-14-17(8-11-20(19)34-25(3,4)22(21)30)23(31)28-24-26-13-12-15(2)27-24/h6-14,21-22,29-30H,5H2,1-4H3,(H,26,27,28,31)/t21-,22+/m1/s1. The van der Waals surface area contributed by atoms with Gasteiger partial charge in [-0.2, -0.15) is 0 Å². The third-order valence-corrected chi connectivity index (χ3v) is 7.41. The van der Waals surface area contributed by atoms with Gasteiger partial charge in [-0.1, -0.05) is 19.1 Å². The van der Waals surface area contributed by atoms with Crippen LogP contribution in [0.4, 0.5) is 5.95 Å². The minimum absolute atomic E-state index is 0.0817. The maximum Gasteiger partial charge on any atom is 0.258 e. The Hall–Kier alpha value is -3.34. The zero-order chi connectivity index (χ0) is 25.4. The monoisotopic (exact) mass is 496 g/mol. The van der Waals surface area contributed by atoms with E-state index in [1.54, 1.807) is 51.1 Å². The maximum atomic E-state index is 13.2. The van der Waals surface area contributed by atoms with Crippen molar-refractivity contribution in [1.82, 2.24) is 14.7 Å². The summed E-state index contributed by atoms with van der Waals surface area (Å²) in [5, 5.41) is 13.7. The molecule has 0 saturated heterocycles. The summed E-state index contributed by atoms with van der Waals surface area (Å²) in [6.07, 6.45) is 1.10. The quantitative estimate of drug-likeness (QED) is 0.478. The molecule has 1 amide bonds. The van der Waals surface area contributed by atoms with Crippen LogP contribution in [-0.2, 0) is 16.4 Å². The minimum Gasteiger partial charge on any atom is -0.485 e. The first kappa shape index (κ1) is 24.8. The summed E-state index contributed by atoms with van der Waals surface area (Å²) in [6, 6.07) is 11.9. The lowest BCUT2D eigenvalue weighted by Crippen LogP contribution is -2.53. The maximum absolute atomic E-state index is 13.2. The minimum atomic E-state index is -3.98. The third-order valence-electron chi connectivity index (χ3n) is 5.95. The number of nitrogens with one attached hydrogen (secondary N) is 2. The van der Waals surface area contributed by atoms with Crippen molar-refractivity contribution in [3.8, 4) is 5.75 Å². The summed E-state index contributed by atoms with van der Waals surface area (Å²) in [5.41, 5.74) is 1.21. The van der Waals surface area contributed by atoms with Crippen LogP contribution in [0, 0.1) is 6.92 Å². The van der Waals surface area contributed by atoms with Crippen molar-refractivity contribution in [2.75, 3.05) is 5.32 Å². The van der Waals surface area contributed by atoms with Crippen molar-refractivity contribution in [2.45, 2.75) is 56.8 Å². The lowest BCUT2D eigenvalue weighted by atomic mass is 9.86. The average Bonchev–Trinajstić information content (AvgIpc) is 2.81. The molecule has 2 aromatic carbocycles. The van der Waals surface area contributed by atoms with Crippen molar-refractivity contribution < 1.29 is 23.1 Å². The van der Waals surface area contributed by atoms with Gasteiger partial charge in [0.15, 0.2) is 0 Å². The van der Waals surface area contributed by atoms with Crippen molar-refractivity contribution >= 4 is 21.9 Å². The zero-order valence-corrected chi connectivity index (χ0v) is 20.8. The van der Waals surface area contributed by atoms with E-state index in [2.05, 4.69) is 20.0 Å². The number of aryl methyl sites for hydroxylation is 2. The Morgan fingerprint density at radius 1 is 1.14 bits per heavy atom. The zero-order valence-electron chi connectivity index (χ0n) is 19.9. The van der Waals surface area contributed by atoms with E-state index in [1.807, 2.05) is 6.92 Å². The van der Waals surface area contributed by atoms with Gasteiger partial charge in [-0.3, -0.25) is 10.1 Å². The van der Waals surface area contributed by atoms with Crippen LogP contribution in [-0.4, -0.2) is 41.1 Å². The number of carbonyl (C=O) groups excluding carboxylic acids is 1. The first-order valence-electron chi connectivity index (χ1n) is 11.2. The van der Waals surface area contributed by atoms with Crippen LogP contribution in [0.3, 0.4) is 0 Å². The van der Waals surface area contributed by atoms with Crippen LogP contribution in [0.5, 0.6) is 5.75 Å². The van der Waals surface area contributed by atoms with Gasteiger partial charge in [0.1, 0.15) is 17.5 Å². The molecular formula is C25H28N4O5S. The Labute approximate surface area is 204 Å². The van der Waals surface area contributed by atoms with Gasteiger partial charge < -0.3 is 9.84 Å². The molecule has 10 heteroatoms. The smallest absolute Gasteiger partial charge is 0.258 e. The predicted octanol–water partition coefficient (Wildman–Crippen LogP) is 3.15. The molecule has 0 saturated carbocycles. The fraction of sp³-hybridized carbons (Fsp3) is 0.320. The SMILES string of the molecule is CCc1ccc(S(=O)(=O)N[C@@H]2c3cc(C(=O)Nc4nccc(C)n4)ccc3OC(C)(C)[C@H]2O)cc1. The Kier molecular flexibility index (Phi) is 6.63. The molecule has 0 bridgehead atoms. The van der Waals surface area contributed by atoms with Crippen molar-refractivity contribution in [2.24, 2.45) is 0 Å². The number of anilines is 1. The van der Waals surface area contributed by atoms with E-state index < -0.39 is 33.7 Å². The second kappa shape index (κ2) is 9.37. The number of carbonyl (C=O) groups is 1. The van der Waals surface area contributed by atoms with Gasteiger partial charge in [0, 0.05) is 23.0 Å². The van der Waals surface area contributed by atoms with E-state index in [0.717, 1.165) is 12.0 Å². The molecular weight excluding hydrogens is 468 g/mol. The van der Waals surface area contributed by atoms with E-state index in [1.165, 1.54) is 24.4 Å². The topological polar surface area (TPSA) is 131 Å². The molecule has 1 aromatic heterocycles. The molecule has 0 spiro atoms. The molecule has 0 aliphatic carbocycles. The van der Waals surface area contributed by atoms with Crippen LogP contribution in [0.15, 0.2) is 59.6 Å². The van der Waals surface area contributed by atoms with Crippen LogP contribution in [0.1, 0.15) is 54.0 Å². The largest absolute Gasteiger partial charge is 0.485 e. The molecule has 1 aliphatic rings. The van der Waals surface area contributed by atoms with Gasteiger partial charge in [0.25, 0.3) is 5.91 Å². The fourth-order valence-corrected chi connectivity index (χ4v) is 5.11. The number of aliphatic hydroxyl groups is 1. The van der Waals surface area contributed by atoms with E-state index in [-0.39, 0.29) is 16.4 Å². The molecule has 0 unspecified atom stereocenters. The molecule has 0 fully saturated rings. The van der Waals surface area contributed by atoms with Gasteiger partial charge in [0.2, 0.25) is 16.0 Å². The molecule has 184 valence electrons. The number of aliphatic hydroxyl groups excluding tert-OH is 1. The molecule has 2 atom stereocenters. The summed E-state index contributed by atoms with van der Waals surface area (Å²) in [4.78, 5) is 21.1. The number of ether oxygens (including phenoxy) is 1. The lowest BCUT2D eigenvalue weighted by Gasteiger charge is -2.42. The highest BCUT2D eigenvalue weighted by atomic mass is 32.2. The van der Waals surface area contributed by atoms with Gasteiger partial charge in [0.05, 0.1) is 10.9 Å². The first-order valence-corrected chi connectivity index (χ1v) is 12.7. The second-order valence-electron chi connectivity index (χ2n) is 8.98. The number of hydrogen-bond donors (Lipinski definition) is 3. The van der Waals surface area contributed by atoms with Crippen LogP contribution < -0.4 is 14.8 Å². The summed E-state index contributed by atoms with van der Waals surface area (Å²) >= 11 is 0. The Morgan fingerprint density at radius 2 is 1.86 bits per heavy atom. The molecule has 3 aromatic rings. The lowest BCUT2D eigenvalue weighted by molar-refractivity contribution is -0.0603. The fourth-order valence-electron chi connectivity index (χ4n) is 3.89. The van der Waals surface area contributed by atoms with Crippen LogP contribution >= 0.6 is 0 Å².